The van der Waals surface area contributed by atoms with Crippen LogP contribution >= 0.6 is 0 Å². The molecule has 4 atom stereocenters. The second-order valence-corrected chi connectivity index (χ2v) is 8.41. The first-order valence-corrected chi connectivity index (χ1v) is 10.5. The molecule has 3 amide bonds. The van der Waals surface area contributed by atoms with E-state index in [0.29, 0.717) is 23.1 Å². The van der Waals surface area contributed by atoms with Crippen LogP contribution in [0.5, 0.6) is 0 Å². The number of benzene rings is 2. The number of carbonyl (C=O) groups is 3. The molecule has 0 radical (unpaired) electrons. The summed E-state index contributed by atoms with van der Waals surface area (Å²) in [4.78, 5) is 39.9. The van der Waals surface area contributed by atoms with Crippen molar-refractivity contribution < 1.29 is 14.4 Å². The first-order chi connectivity index (χ1) is 14.1. The normalized spacial score (nSPS) is 27.4. The average Bonchev–Trinajstić information content (AvgIpc) is 3.42. The second-order valence-electron chi connectivity index (χ2n) is 8.41. The fraction of sp³-hybridized carbons (Fsp3) is 0.375. The second kappa shape index (κ2) is 6.83. The average molecular weight is 388 g/mol. The SMILES string of the molecule is CCc1ccccc1NC(=O)c1ccc(N2C(=O)[C@@H]3[C@H]4CC[C@@H](C4)[C@@H]3C2=O)cc1. The maximum Gasteiger partial charge on any atom is 0.255 e. The lowest BCUT2D eigenvalue weighted by Gasteiger charge is -2.19. The lowest BCUT2D eigenvalue weighted by atomic mass is 9.81. The van der Waals surface area contributed by atoms with E-state index >= 15 is 0 Å². The number of nitrogens with zero attached hydrogens (tertiary/aromatic N) is 1. The van der Waals surface area contributed by atoms with Crippen LogP contribution in [0.25, 0.3) is 0 Å². The number of amides is 3. The number of nitrogens with one attached hydrogen (secondary N) is 1. The summed E-state index contributed by atoms with van der Waals surface area (Å²) in [5.74, 6) is 0.170. The van der Waals surface area contributed by atoms with Crippen molar-refractivity contribution in [1.29, 1.82) is 0 Å². The molecular formula is C24H24N2O3. The van der Waals surface area contributed by atoms with Crippen LogP contribution in [0.4, 0.5) is 11.4 Å². The summed E-state index contributed by atoms with van der Waals surface area (Å²) in [5, 5.41) is 2.95. The van der Waals surface area contributed by atoms with Gasteiger partial charge in [-0.25, -0.2) is 0 Å². The first kappa shape index (κ1) is 18.1. The van der Waals surface area contributed by atoms with Crippen LogP contribution in [-0.4, -0.2) is 17.7 Å². The van der Waals surface area contributed by atoms with Crippen LogP contribution in [0, 0.1) is 23.7 Å². The van der Waals surface area contributed by atoms with E-state index in [1.54, 1.807) is 24.3 Å². The van der Waals surface area contributed by atoms with E-state index in [-0.39, 0.29) is 29.6 Å². The Morgan fingerprint density at radius 2 is 1.59 bits per heavy atom. The zero-order chi connectivity index (χ0) is 20.1. The van der Waals surface area contributed by atoms with Crippen molar-refractivity contribution in [3.8, 4) is 0 Å². The van der Waals surface area contributed by atoms with Gasteiger partial charge in [-0.05, 0) is 73.4 Å². The van der Waals surface area contributed by atoms with E-state index in [4.69, 9.17) is 0 Å². The van der Waals surface area contributed by atoms with E-state index in [1.165, 1.54) is 4.90 Å². The number of hydrogen-bond donors (Lipinski definition) is 1. The minimum Gasteiger partial charge on any atom is -0.322 e. The molecule has 29 heavy (non-hydrogen) atoms. The Morgan fingerprint density at radius 3 is 2.21 bits per heavy atom. The third-order valence-electron chi connectivity index (χ3n) is 6.96. The molecular weight excluding hydrogens is 364 g/mol. The summed E-state index contributed by atoms with van der Waals surface area (Å²) in [6.07, 6.45) is 3.99. The smallest absolute Gasteiger partial charge is 0.255 e. The van der Waals surface area contributed by atoms with Gasteiger partial charge in [0.15, 0.2) is 0 Å². The van der Waals surface area contributed by atoms with Gasteiger partial charge in [0.25, 0.3) is 5.91 Å². The van der Waals surface area contributed by atoms with Gasteiger partial charge in [-0.3, -0.25) is 19.3 Å². The van der Waals surface area contributed by atoms with Gasteiger partial charge in [-0.2, -0.15) is 0 Å². The number of carbonyl (C=O) groups excluding carboxylic acids is 3. The lowest BCUT2D eigenvalue weighted by molar-refractivity contribution is -0.123. The third kappa shape index (κ3) is 2.79. The van der Waals surface area contributed by atoms with Crippen LogP contribution in [-0.2, 0) is 16.0 Å². The topological polar surface area (TPSA) is 66.5 Å². The Labute approximate surface area is 170 Å². The van der Waals surface area contributed by atoms with Crippen LogP contribution in [0.15, 0.2) is 48.5 Å². The Morgan fingerprint density at radius 1 is 0.966 bits per heavy atom. The molecule has 0 unspecified atom stereocenters. The highest BCUT2D eigenvalue weighted by atomic mass is 16.2. The number of hydrogen-bond acceptors (Lipinski definition) is 3. The monoisotopic (exact) mass is 388 g/mol. The van der Waals surface area contributed by atoms with Crippen molar-refractivity contribution in [2.45, 2.75) is 32.6 Å². The van der Waals surface area contributed by atoms with E-state index in [0.717, 1.165) is 36.9 Å². The van der Waals surface area contributed by atoms with Crippen molar-refractivity contribution in [1.82, 2.24) is 0 Å². The molecule has 3 aliphatic rings. The van der Waals surface area contributed by atoms with E-state index < -0.39 is 0 Å². The summed E-state index contributed by atoms with van der Waals surface area (Å²) >= 11 is 0. The molecule has 2 bridgehead atoms. The van der Waals surface area contributed by atoms with Crippen molar-refractivity contribution in [3.63, 3.8) is 0 Å². The van der Waals surface area contributed by atoms with Gasteiger partial charge in [0.2, 0.25) is 11.8 Å². The largest absolute Gasteiger partial charge is 0.322 e. The van der Waals surface area contributed by atoms with Gasteiger partial charge in [0, 0.05) is 11.3 Å². The maximum atomic E-state index is 12.9. The molecule has 5 rings (SSSR count). The number of para-hydroxylation sites is 1. The molecule has 1 heterocycles. The van der Waals surface area contributed by atoms with E-state index in [9.17, 15) is 14.4 Å². The summed E-state index contributed by atoms with van der Waals surface area (Å²) in [6.45, 7) is 2.05. The molecule has 148 valence electrons. The zero-order valence-electron chi connectivity index (χ0n) is 16.4. The quantitative estimate of drug-likeness (QED) is 0.804. The van der Waals surface area contributed by atoms with Crippen LogP contribution < -0.4 is 10.2 Å². The molecule has 5 nitrogen and oxygen atoms in total. The molecule has 2 aromatic rings. The number of rotatable bonds is 4. The molecule has 3 fully saturated rings. The molecule has 5 heteroatoms. The highest BCUT2D eigenvalue weighted by Gasteiger charge is 2.61. The summed E-state index contributed by atoms with van der Waals surface area (Å²) < 4.78 is 0. The minimum atomic E-state index is -0.202. The molecule has 1 saturated heterocycles. The maximum absolute atomic E-state index is 12.9. The summed E-state index contributed by atoms with van der Waals surface area (Å²) in [7, 11) is 0. The highest BCUT2D eigenvalue weighted by Crippen LogP contribution is 2.56. The van der Waals surface area contributed by atoms with Gasteiger partial charge in [-0.15, -0.1) is 0 Å². The molecule has 0 aromatic heterocycles. The third-order valence-corrected chi connectivity index (χ3v) is 6.96. The van der Waals surface area contributed by atoms with Gasteiger partial charge in [0.05, 0.1) is 17.5 Å². The Kier molecular flexibility index (Phi) is 4.26. The Balaban J connectivity index is 1.35. The van der Waals surface area contributed by atoms with Crippen molar-refractivity contribution in [2.24, 2.45) is 23.7 Å². The van der Waals surface area contributed by atoms with Crippen molar-refractivity contribution >= 4 is 29.1 Å². The van der Waals surface area contributed by atoms with Crippen LogP contribution in [0.1, 0.15) is 42.1 Å². The van der Waals surface area contributed by atoms with Crippen LogP contribution in [0.3, 0.4) is 0 Å². The molecule has 1 N–H and O–H groups in total. The van der Waals surface area contributed by atoms with Gasteiger partial charge in [0.1, 0.15) is 0 Å². The van der Waals surface area contributed by atoms with E-state index in [1.807, 2.05) is 31.2 Å². The summed E-state index contributed by atoms with van der Waals surface area (Å²) in [5.41, 5.74) is 2.95. The van der Waals surface area contributed by atoms with Gasteiger partial charge < -0.3 is 5.32 Å². The molecule has 2 saturated carbocycles. The standard InChI is InChI=1S/C24H24N2O3/c1-2-14-5-3-4-6-19(14)25-22(27)15-9-11-18(12-10-15)26-23(28)20-16-7-8-17(13-16)21(20)24(26)29/h3-6,9-12,16-17,20-21H,2,7-8,13H2,1H3,(H,25,27)/t16-,17-,20-,21+/m0/s1. The Bertz CT molecular complexity index is 969. The van der Waals surface area contributed by atoms with E-state index in [2.05, 4.69) is 5.32 Å². The lowest BCUT2D eigenvalue weighted by Crippen LogP contribution is -2.32. The Hall–Kier alpha value is -2.95. The molecule has 2 aromatic carbocycles. The minimum absolute atomic E-state index is 0.0544. The van der Waals surface area contributed by atoms with Gasteiger partial charge >= 0.3 is 0 Å². The number of aryl methyl sites for hydroxylation is 1. The first-order valence-electron chi connectivity index (χ1n) is 10.5. The predicted molar refractivity (Wildman–Crippen MR) is 111 cm³/mol. The molecule has 2 aliphatic carbocycles. The predicted octanol–water partition coefficient (Wildman–Crippen LogP) is 4.04. The zero-order valence-corrected chi connectivity index (χ0v) is 16.4. The van der Waals surface area contributed by atoms with Crippen molar-refractivity contribution in [2.75, 3.05) is 10.2 Å². The van der Waals surface area contributed by atoms with Gasteiger partial charge in [-0.1, -0.05) is 25.1 Å². The number of anilines is 2. The summed E-state index contributed by atoms with van der Waals surface area (Å²) in [6, 6.07) is 14.5. The molecule has 0 spiro atoms. The highest BCUT2D eigenvalue weighted by molar-refractivity contribution is 6.22. The molecule has 1 aliphatic heterocycles. The number of fused-ring (bicyclic) bond motifs is 5. The van der Waals surface area contributed by atoms with Crippen LogP contribution in [0.2, 0.25) is 0 Å². The fourth-order valence-electron chi connectivity index (χ4n) is 5.57. The fourth-order valence-corrected chi connectivity index (χ4v) is 5.57. The number of imide groups is 1. The van der Waals surface area contributed by atoms with Crippen molar-refractivity contribution in [3.05, 3.63) is 59.7 Å².